The minimum absolute atomic E-state index is 0.313. The predicted octanol–water partition coefficient (Wildman–Crippen LogP) is 6.90. The Kier molecular flexibility index (Phi) is 8.49. The first-order valence-corrected chi connectivity index (χ1v) is 9.88. The largest absolute Gasteiger partial charge is 0.493 e. The van der Waals surface area contributed by atoms with Crippen LogP contribution in [0.5, 0.6) is 0 Å². The van der Waals surface area contributed by atoms with Gasteiger partial charge in [-0.1, -0.05) is 82.2 Å². The highest BCUT2D eigenvalue weighted by Gasteiger charge is 2.17. The van der Waals surface area contributed by atoms with Crippen LogP contribution in [0.2, 0.25) is 0 Å². The Morgan fingerprint density at radius 3 is 2.29 bits per heavy atom. The van der Waals surface area contributed by atoms with Crippen molar-refractivity contribution in [3.05, 3.63) is 89.5 Å². The van der Waals surface area contributed by atoms with Crippen molar-refractivity contribution >= 4 is 5.57 Å². The van der Waals surface area contributed by atoms with Crippen molar-refractivity contribution in [3.8, 4) is 6.07 Å². The van der Waals surface area contributed by atoms with Crippen molar-refractivity contribution in [1.29, 1.82) is 5.26 Å². The highest BCUT2D eigenvalue weighted by atomic mass is 19.1. The third-order valence-corrected chi connectivity index (χ3v) is 4.87. The zero-order valence-corrected chi connectivity index (χ0v) is 16.7. The van der Waals surface area contributed by atoms with Crippen LogP contribution in [0, 0.1) is 23.1 Å². The molecule has 1 unspecified atom stereocenters. The molecule has 2 nitrogen and oxygen atoms in total. The minimum Gasteiger partial charge on any atom is -0.493 e. The van der Waals surface area contributed by atoms with Gasteiger partial charge in [0.15, 0.2) is 0 Å². The van der Waals surface area contributed by atoms with Crippen molar-refractivity contribution in [2.24, 2.45) is 5.92 Å². The van der Waals surface area contributed by atoms with E-state index in [-0.39, 0.29) is 5.82 Å². The molecule has 0 heterocycles. The minimum atomic E-state index is -0.313. The molecule has 1 atom stereocenters. The van der Waals surface area contributed by atoms with E-state index in [1.807, 2.05) is 30.3 Å². The van der Waals surface area contributed by atoms with Gasteiger partial charge in [0.25, 0.3) is 0 Å². The maximum absolute atomic E-state index is 13.4. The van der Waals surface area contributed by atoms with Gasteiger partial charge < -0.3 is 4.74 Å². The van der Waals surface area contributed by atoms with Gasteiger partial charge in [0.05, 0.1) is 6.61 Å². The lowest BCUT2D eigenvalue weighted by Crippen LogP contribution is -2.10. The highest BCUT2D eigenvalue weighted by molar-refractivity contribution is 5.86. The second-order valence-corrected chi connectivity index (χ2v) is 6.89. The molecule has 0 N–H and O–H groups in total. The van der Waals surface area contributed by atoms with Gasteiger partial charge in [-0.25, -0.2) is 4.39 Å². The second-order valence-electron chi connectivity index (χ2n) is 6.89. The van der Waals surface area contributed by atoms with Crippen LogP contribution in [0.15, 0.2) is 72.5 Å². The summed E-state index contributed by atoms with van der Waals surface area (Å²) in [6.07, 6.45) is 4.46. The van der Waals surface area contributed by atoms with Crippen LogP contribution in [0.3, 0.4) is 0 Å². The zero-order valence-electron chi connectivity index (χ0n) is 16.7. The van der Waals surface area contributed by atoms with Crippen LogP contribution in [-0.2, 0) is 4.74 Å². The molecular formula is C25H28FNO. The maximum Gasteiger partial charge on any atom is 0.130 e. The quantitative estimate of drug-likeness (QED) is 0.256. The summed E-state index contributed by atoms with van der Waals surface area (Å²) in [6.45, 7) is 8.91. The summed E-state index contributed by atoms with van der Waals surface area (Å²) in [5, 5.41) is 9.89. The Morgan fingerprint density at radius 2 is 1.71 bits per heavy atom. The molecule has 3 heteroatoms. The number of hydrogen-bond acceptors (Lipinski definition) is 2. The summed E-state index contributed by atoms with van der Waals surface area (Å²) in [7, 11) is 0. The third-order valence-electron chi connectivity index (χ3n) is 4.87. The molecule has 0 aromatic heterocycles. The molecule has 0 saturated carbocycles. The first-order chi connectivity index (χ1) is 13.6. The van der Waals surface area contributed by atoms with Gasteiger partial charge in [0, 0.05) is 5.57 Å². The van der Waals surface area contributed by atoms with Crippen LogP contribution in [0.25, 0.3) is 5.57 Å². The summed E-state index contributed by atoms with van der Waals surface area (Å²) in [4.78, 5) is 0. The zero-order chi connectivity index (χ0) is 20.4. The highest BCUT2D eigenvalue weighted by Crippen LogP contribution is 2.30. The molecule has 0 amide bonds. The van der Waals surface area contributed by atoms with Gasteiger partial charge >= 0.3 is 0 Å². The van der Waals surface area contributed by atoms with E-state index in [1.54, 1.807) is 12.1 Å². The fraction of sp³-hybridized carbons (Fsp3) is 0.320. The molecule has 0 saturated heterocycles. The smallest absolute Gasteiger partial charge is 0.130 e. The van der Waals surface area contributed by atoms with E-state index in [9.17, 15) is 9.65 Å². The van der Waals surface area contributed by atoms with Crippen LogP contribution in [0.4, 0.5) is 4.39 Å². The summed E-state index contributed by atoms with van der Waals surface area (Å²) in [5.41, 5.74) is 2.71. The standard InChI is InChI=1S/C25H28FNO/c1-4-6-10-20(5-2)18-28-19(3)24(17-27)25(21-11-8-7-9-12-21)22-13-15-23(26)16-14-22/h7-9,11-16,20H,3-6,10,18H2,1-2H3/b25-24-. The molecule has 28 heavy (non-hydrogen) atoms. The average Bonchev–Trinajstić information content (AvgIpc) is 2.73. The molecule has 146 valence electrons. The van der Waals surface area contributed by atoms with Crippen molar-refractivity contribution in [2.75, 3.05) is 6.61 Å². The number of allylic oxidation sites excluding steroid dienone is 1. The molecule has 0 fully saturated rings. The van der Waals surface area contributed by atoms with Crippen molar-refractivity contribution in [3.63, 3.8) is 0 Å². The van der Waals surface area contributed by atoms with Gasteiger partial charge in [0.2, 0.25) is 0 Å². The predicted molar refractivity (Wildman–Crippen MR) is 113 cm³/mol. The summed E-state index contributed by atoms with van der Waals surface area (Å²) in [6, 6.07) is 18.0. The van der Waals surface area contributed by atoms with E-state index < -0.39 is 0 Å². The monoisotopic (exact) mass is 377 g/mol. The van der Waals surface area contributed by atoms with Crippen LogP contribution in [-0.4, -0.2) is 6.61 Å². The topological polar surface area (TPSA) is 33.0 Å². The normalized spacial score (nSPS) is 12.6. The van der Waals surface area contributed by atoms with E-state index in [0.29, 0.717) is 29.4 Å². The lowest BCUT2D eigenvalue weighted by molar-refractivity contribution is 0.164. The molecule has 0 spiro atoms. The van der Waals surface area contributed by atoms with Crippen LogP contribution in [0.1, 0.15) is 50.7 Å². The molecule has 2 aromatic rings. The first kappa shape index (κ1) is 21.4. The molecule has 2 rings (SSSR count). The Hall–Kier alpha value is -2.86. The molecule has 0 aliphatic carbocycles. The van der Waals surface area contributed by atoms with E-state index in [1.165, 1.54) is 18.6 Å². The van der Waals surface area contributed by atoms with Crippen LogP contribution < -0.4 is 0 Å². The van der Waals surface area contributed by atoms with Crippen molar-refractivity contribution in [2.45, 2.75) is 39.5 Å². The van der Waals surface area contributed by atoms with Crippen molar-refractivity contribution < 1.29 is 9.13 Å². The second kappa shape index (κ2) is 11.1. The van der Waals surface area contributed by atoms with Crippen LogP contribution >= 0.6 is 0 Å². The number of unbranched alkanes of at least 4 members (excludes halogenated alkanes) is 1. The van der Waals surface area contributed by atoms with Crippen molar-refractivity contribution in [1.82, 2.24) is 0 Å². The Morgan fingerprint density at radius 1 is 1.07 bits per heavy atom. The Bertz CT molecular complexity index is 831. The third kappa shape index (κ3) is 5.82. The number of ether oxygens (including phenoxy) is 1. The number of nitriles is 1. The van der Waals surface area contributed by atoms with Gasteiger partial charge in [-0.05, 0) is 35.6 Å². The number of nitrogens with zero attached hydrogens (tertiary/aromatic N) is 1. The van der Waals surface area contributed by atoms with E-state index >= 15 is 0 Å². The molecule has 0 aliphatic rings. The molecular weight excluding hydrogens is 349 g/mol. The molecule has 0 bridgehead atoms. The maximum atomic E-state index is 13.4. The summed E-state index contributed by atoms with van der Waals surface area (Å²) in [5.74, 6) is 0.495. The van der Waals surface area contributed by atoms with Gasteiger partial charge in [0.1, 0.15) is 23.2 Å². The summed E-state index contributed by atoms with van der Waals surface area (Å²) < 4.78 is 19.4. The first-order valence-electron chi connectivity index (χ1n) is 9.88. The van der Waals surface area contributed by atoms with Gasteiger partial charge in [-0.2, -0.15) is 5.26 Å². The SMILES string of the molecule is C=C(OCC(CC)CCCC)/C(C#N)=C(/c1ccccc1)c1ccc(F)cc1. The number of benzene rings is 2. The molecule has 0 aliphatic heterocycles. The summed E-state index contributed by atoms with van der Waals surface area (Å²) >= 11 is 0. The number of hydrogen-bond donors (Lipinski definition) is 0. The molecule has 2 aromatic carbocycles. The average molecular weight is 378 g/mol. The van der Waals surface area contributed by atoms with Gasteiger partial charge in [-0.15, -0.1) is 0 Å². The number of rotatable bonds is 10. The lowest BCUT2D eigenvalue weighted by atomic mass is 9.92. The van der Waals surface area contributed by atoms with Gasteiger partial charge in [-0.3, -0.25) is 0 Å². The Labute approximate surface area is 168 Å². The fourth-order valence-corrected chi connectivity index (χ4v) is 3.12. The fourth-order valence-electron chi connectivity index (χ4n) is 3.12. The Balaban J connectivity index is 2.37. The van der Waals surface area contributed by atoms with E-state index in [4.69, 9.17) is 4.74 Å². The number of halogens is 1. The lowest BCUT2D eigenvalue weighted by Gasteiger charge is -2.18. The van der Waals surface area contributed by atoms with E-state index in [2.05, 4.69) is 26.5 Å². The van der Waals surface area contributed by atoms with E-state index in [0.717, 1.165) is 30.4 Å². The molecule has 0 radical (unpaired) electrons.